The number of aryl methyl sites for hydroxylation is 1. The highest BCUT2D eigenvalue weighted by atomic mass is 16.5. The average Bonchev–Trinajstić information content (AvgIpc) is 2.17. The molecule has 1 aromatic carbocycles. The predicted octanol–water partition coefficient (Wildman–Crippen LogP) is 1.69. The van der Waals surface area contributed by atoms with Crippen LogP contribution in [0.2, 0.25) is 0 Å². The molecule has 1 rings (SSSR count). The number of hydrogen-bond donors (Lipinski definition) is 2. The van der Waals surface area contributed by atoms with Crippen molar-refractivity contribution in [3.8, 4) is 0 Å². The van der Waals surface area contributed by atoms with E-state index in [4.69, 9.17) is 5.21 Å². The lowest BCUT2D eigenvalue weighted by Crippen LogP contribution is -2.09. The van der Waals surface area contributed by atoms with Gasteiger partial charge in [-0.2, -0.15) is 0 Å². The summed E-state index contributed by atoms with van der Waals surface area (Å²) in [6.45, 7) is 2.01. The minimum Gasteiger partial charge on any atom is -0.316 e. The first-order valence-corrected chi connectivity index (χ1v) is 4.67. The van der Waals surface area contributed by atoms with E-state index in [0.29, 0.717) is 13.0 Å². The Hall–Kier alpha value is -1.19. The molecule has 3 nitrogen and oxygen atoms in total. The molecule has 0 atom stereocenters. The molecule has 0 aliphatic carbocycles. The number of Topliss-reactive ketones (excluding diaryl/α,β-unsaturated/α-hetero) is 1. The maximum absolute atomic E-state index is 10.8. The van der Waals surface area contributed by atoms with E-state index in [1.54, 1.807) is 6.92 Å². The molecule has 0 bridgehead atoms. The number of benzene rings is 1. The van der Waals surface area contributed by atoms with Crippen molar-refractivity contribution < 1.29 is 10.0 Å². The van der Waals surface area contributed by atoms with E-state index in [1.807, 2.05) is 24.3 Å². The van der Waals surface area contributed by atoms with Gasteiger partial charge in [0.2, 0.25) is 0 Å². The van der Waals surface area contributed by atoms with Gasteiger partial charge in [-0.3, -0.25) is 0 Å². The van der Waals surface area contributed by atoms with Gasteiger partial charge in [-0.15, -0.1) is 0 Å². The molecular weight excluding hydrogens is 178 g/mol. The van der Waals surface area contributed by atoms with Crippen LogP contribution in [-0.4, -0.2) is 11.0 Å². The SMILES string of the molecule is CC(=O)CCc1ccccc1CNO. The zero-order valence-electron chi connectivity index (χ0n) is 8.29. The van der Waals surface area contributed by atoms with Crippen molar-refractivity contribution in [3.63, 3.8) is 0 Å². The van der Waals surface area contributed by atoms with E-state index in [2.05, 4.69) is 5.48 Å². The molecule has 0 aromatic heterocycles. The second-order valence-electron chi connectivity index (χ2n) is 3.31. The van der Waals surface area contributed by atoms with Crippen LogP contribution in [0.1, 0.15) is 24.5 Å². The Kier molecular flexibility index (Phi) is 4.29. The van der Waals surface area contributed by atoms with E-state index >= 15 is 0 Å². The van der Waals surface area contributed by atoms with Gasteiger partial charge in [-0.1, -0.05) is 24.3 Å². The van der Waals surface area contributed by atoms with Crippen LogP contribution in [0.25, 0.3) is 0 Å². The molecular formula is C11H15NO2. The van der Waals surface area contributed by atoms with Crippen LogP contribution < -0.4 is 5.48 Å². The smallest absolute Gasteiger partial charge is 0.130 e. The zero-order chi connectivity index (χ0) is 10.4. The average molecular weight is 193 g/mol. The lowest BCUT2D eigenvalue weighted by Gasteiger charge is -2.06. The second kappa shape index (κ2) is 5.52. The molecule has 0 saturated heterocycles. The topological polar surface area (TPSA) is 49.3 Å². The quantitative estimate of drug-likeness (QED) is 0.699. The summed E-state index contributed by atoms with van der Waals surface area (Å²) >= 11 is 0. The highest BCUT2D eigenvalue weighted by molar-refractivity contribution is 5.75. The van der Waals surface area contributed by atoms with E-state index in [-0.39, 0.29) is 5.78 Å². The molecule has 3 heteroatoms. The van der Waals surface area contributed by atoms with Crippen molar-refractivity contribution in [2.75, 3.05) is 0 Å². The molecule has 0 radical (unpaired) electrons. The van der Waals surface area contributed by atoms with Crippen LogP contribution in [0.15, 0.2) is 24.3 Å². The Morgan fingerprint density at radius 1 is 1.36 bits per heavy atom. The van der Waals surface area contributed by atoms with Crippen molar-refractivity contribution in [3.05, 3.63) is 35.4 Å². The van der Waals surface area contributed by atoms with Gasteiger partial charge in [0.1, 0.15) is 5.78 Å². The lowest BCUT2D eigenvalue weighted by atomic mass is 10.0. The third-order valence-corrected chi connectivity index (χ3v) is 2.13. The van der Waals surface area contributed by atoms with Gasteiger partial charge < -0.3 is 10.0 Å². The zero-order valence-corrected chi connectivity index (χ0v) is 8.29. The van der Waals surface area contributed by atoms with Crippen LogP contribution >= 0.6 is 0 Å². The van der Waals surface area contributed by atoms with Crippen LogP contribution in [0.4, 0.5) is 0 Å². The minimum atomic E-state index is 0.191. The highest BCUT2D eigenvalue weighted by Crippen LogP contribution is 2.10. The van der Waals surface area contributed by atoms with Crippen LogP contribution in [0.3, 0.4) is 0 Å². The number of hydrogen-bond acceptors (Lipinski definition) is 3. The molecule has 0 saturated carbocycles. The Balaban J connectivity index is 2.68. The summed E-state index contributed by atoms with van der Waals surface area (Å²) in [6, 6.07) is 7.79. The van der Waals surface area contributed by atoms with Gasteiger partial charge in [0.25, 0.3) is 0 Å². The van der Waals surface area contributed by atoms with Crippen molar-refractivity contribution >= 4 is 5.78 Å². The van der Waals surface area contributed by atoms with Gasteiger partial charge in [0, 0.05) is 13.0 Å². The van der Waals surface area contributed by atoms with Gasteiger partial charge >= 0.3 is 0 Å². The van der Waals surface area contributed by atoms with Gasteiger partial charge in [-0.25, -0.2) is 5.48 Å². The second-order valence-corrected chi connectivity index (χ2v) is 3.31. The van der Waals surface area contributed by atoms with Gasteiger partial charge in [0.05, 0.1) is 0 Å². The summed E-state index contributed by atoms with van der Waals surface area (Å²) in [4.78, 5) is 10.8. The molecule has 0 aliphatic rings. The maximum Gasteiger partial charge on any atom is 0.130 e. The summed E-state index contributed by atoms with van der Waals surface area (Å²) in [5.41, 5.74) is 4.28. The first kappa shape index (κ1) is 10.9. The number of rotatable bonds is 5. The summed E-state index contributed by atoms with van der Waals surface area (Å²) in [6.07, 6.45) is 1.30. The van der Waals surface area contributed by atoms with Crippen molar-refractivity contribution in [1.29, 1.82) is 0 Å². The Morgan fingerprint density at radius 3 is 2.57 bits per heavy atom. The summed E-state index contributed by atoms with van der Waals surface area (Å²) < 4.78 is 0. The number of hydroxylamine groups is 1. The van der Waals surface area contributed by atoms with Gasteiger partial charge in [0.15, 0.2) is 0 Å². The largest absolute Gasteiger partial charge is 0.316 e. The number of ketones is 1. The summed E-state index contributed by atoms with van der Waals surface area (Å²) in [5, 5.41) is 8.60. The van der Waals surface area contributed by atoms with E-state index in [1.165, 1.54) is 0 Å². The molecule has 0 amide bonds. The maximum atomic E-state index is 10.8. The van der Waals surface area contributed by atoms with Crippen molar-refractivity contribution in [1.82, 2.24) is 5.48 Å². The Bertz CT molecular complexity index is 310. The van der Waals surface area contributed by atoms with E-state index in [0.717, 1.165) is 17.5 Å². The molecule has 2 N–H and O–H groups in total. The molecule has 0 unspecified atom stereocenters. The Morgan fingerprint density at radius 2 is 2.00 bits per heavy atom. The standard InChI is InChI=1S/C11H15NO2/c1-9(13)6-7-10-4-2-3-5-11(10)8-12-14/h2-5,12,14H,6-8H2,1H3. The first-order chi connectivity index (χ1) is 6.74. The molecule has 1 aromatic rings. The highest BCUT2D eigenvalue weighted by Gasteiger charge is 2.02. The van der Waals surface area contributed by atoms with Crippen LogP contribution in [0, 0.1) is 0 Å². The van der Waals surface area contributed by atoms with Crippen LogP contribution in [-0.2, 0) is 17.8 Å². The monoisotopic (exact) mass is 193 g/mol. The molecule has 14 heavy (non-hydrogen) atoms. The van der Waals surface area contributed by atoms with Crippen molar-refractivity contribution in [2.24, 2.45) is 0 Å². The number of carbonyl (C=O) groups excluding carboxylic acids is 1. The van der Waals surface area contributed by atoms with E-state index < -0.39 is 0 Å². The van der Waals surface area contributed by atoms with E-state index in [9.17, 15) is 4.79 Å². The fourth-order valence-corrected chi connectivity index (χ4v) is 1.37. The normalized spacial score (nSPS) is 10.1. The molecule has 76 valence electrons. The lowest BCUT2D eigenvalue weighted by molar-refractivity contribution is -0.116. The minimum absolute atomic E-state index is 0.191. The fourth-order valence-electron chi connectivity index (χ4n) is 1.37. The number of nitrogens with one attached hydrogen (secondary N) is 1. The van der Waals surface area contributed by atoms with Crippen molar-refractivity contribution in [2.45, 2.75) is 26.3 Å². The predicted molar refractivity (Wildman–Crippen MR) is 54.1 cm³/mol. The molecule has 0 fully saturated rings. The van der Waals surface area contributed by atoms with Crippen LogP contribution in [0.5, 0.6) is 0 Å². The summed E-state index contributed by atoms with van der Waals surface area (Å²) in [7, 11) is 0. The fraction of sp³-hybridized carbons (Fsp3) is 0.364. The summed E-state index contributed by atoms with van der Waals surface area (Å²) in [5.74, 6) is 0.191. The Labute approximate surface area is 83.7 Å². The molecule has 0 aliphatic heterocycles. The third kappa shape index (κ3) is 3.28. The molecule has 0 spiro atoms. The number of carbonyl (C=O) groups is 1. The van der Waals surface area contributed by atoms with Gasteiger partial charge in [-0.05, 0) is 24.5 Å². The first-order valence-electron chi connectivity index (χ1n) is 4.67. The molecule has 0 heterocycles. The third-order valence-electron chi connectivity index (χ3n) is 2.13.